The second-order valence-corrected chi connectivity index (χ2v) is 13.9. The number of likely N-dealkylation sites (tertiary alicyclic amines) is 1. The third kappa shape index (κ3) is 17.6. The molecule has 5 heterocycles. The lowest BCUT2D eigenvalue weighted by Gasteiger charge is -2.25. The fourth-order valence-corrected chi connectivity index (χ4v) is 7.31. The Morgan fingerprint density at radius 2 is 1.55 bits per heavy atom. The highest BCUT2D eigenvalue weighted by atomic mass is 35.5. The highest BCUT2D eigenvalue weighted by molar-refractivity contribution is 7.14. The number of nitriles is 1. The van der Waals surface area contributed by atoms with Crippen LogP contribution in [0.3, 0.4) is 0 Å². The Hall–Kier alpha value is -2.07. The van der Waals surface area contributed by atoms with Gasteiger partial charge in [-0.05, 0) is 104 Å². The molecule has 2 aliphatic heterocycles. The number of piperidine rings is 2. The molecule has 3 aromatic rings. The number of aliphatic hydroxyl groups excluding tert-OH is 1. The Morgan fingerprint density at radius 1 is 1.02 bits per heavy atom. The topological polar surface area (TPSA) is 211 Å². The first-order valence-corrected chi connectivity index (χ1v) is 19.1. The summed E-state index contributed by atoms with van der Waals surface area (Å²) in [4.78, 5) is 20.1. The molecular weight excluding hydrogens is 735 g/mol. The van der Waals surface area contributed by atoms with E-state index in [0.717, 1.165) is 43.9 Å². The van der Waals surface area contributed by atoms with Crippen molar-refractivity contribution < 1.29 is 24.8 Å². The van der Waals surface area contributed by atoms with Gasteiger partial charge in [0.1, 0.15) is 9.75 Å². The number of hydroxylamine groups is 1. The zero-order valence-corrected chi connectivity index (χ0v) is 31.7. The van der Waals surface area contributed by atoms with Crippen molar-refractivity contribution >= 4 is 68.7 Å². The van der Waals surface area contributed by atoms with Gasteiger partial charge in [0.15, 0.2) is 6.19 Å². The van der Waals surface area contributed by atoms with Gasteiger partial charge in [0.25, 0.3) is 17.1 Å². The van der Waals surface area contributed by atoms with E-state index >= 15 is 0 Å². The molecule has 276 valence electrons. The summed E-state index contributed by atoms with van der Waals surface area (Å²) < 4.78 is 5.27. The van der Waals surface area contributed by atoms with Crippen molar-refractivity contribution in [2.75, 3.05) is 37.7 Å². The minimum Gasteiger partial charge on any atom is -0.397 e. The van der Waals surface area contributed by atoms with Gasteiger partial charge in [-0.25, -0.2) is 5.90 Å². The number of aliphatic hydroxyl groups is 1. The monoisotopic (exact) mass is 782 g/mol. The van der Waals surface area contributed by atoms with Crippen molar-refractivity contribution in [3.05, 3.63) is 37.8 Å². The van der Waals surface area contributed by atoms with E-state index in [0.29, 0.717) is 32.7 Å². The summed E-state index contributed by atoms with van der Waals surface area (Å²) in [7, 11) is 0. The van der Waals surface area contributed by atoms with Gasteiger partial charge in [0.2, 0.25) is 0 Å². The number of nitrogens with zero attached hydrogens (tertiary/aromatic N) is 5. The third-order valence-corrected chi connectivity index (χ3v) is 10.4. The fourth-order valence-electron chi connectivity index (χ4n) is 5.00. The van der Waals surface area contributed by atoms with Gasteiger partial charge in [0.05, 0.1) is 16.2 Å². The van der Waals surface area contributed by atoms with Crippen LogP contribution >= 0.6 is 57.5 Å². The molecule has 49 heavy (non-hydrogen) atoms. The minimum atomic E-state index is -0.491. The van der Waals surface area contributed by atoms with Crippen LogP contribution in [0.1, 0.15) is 87.2 Å². The Balaban J connectivity index is 0.000000327. The van der Waals surface area contributed by atoms with E-state index in [-0.39, 0.29) is 12.8 Å². The third-order valence-electron chi connectivity index (χ3n) is 7.47. The van der Waals surface area contributed by atoms with Crippen molar-refractivity contribution in [2.45, 2.75) is 83.7 Å². The van der Waals surface area contributed by atoms with Gasteiger partial charge < -0.3 is 35.6 Å². The molecule has 3 fully saturated rings. The van der Waals surface area contributed by atoms with Crippen LogP contribution in [0, 0.1) is 17.4 Å². The molecule has 6 rings (SSSR count). The maximum Gasteiger partial charge on any atom is 0.271 e. The van der Waals surface area contributed by atoms with Crippen LogP contribution in [0.25, 0.3) is 10.8 Å². The lowest BCUT2D eigenvalue weighted by molar-refractivity contribution is 0.0873. The molecule has 8 N–H and O–H groups in total. The van der Waals surface area contributed by atoms with Crippen LogP contribution in [0.15, 0.2) is 27.4 Å². The number of carbonyl (C=O) groups excluding carboxylic acids is 1. The number of halogens is 3. The van der Waals surface area contributed by atoms with Gasteiger partial charge in [-0.2, -0.15) is 15.7 Å². The molecule has 0 bridgehead atoms. The maximum atomic E-state index is 10.4. The lowest BCUT2D eigenvalue weighted by Crippen LogP contribution is -2.42. The highest BCUT2D eigenvalue weighted by Gasteiger charge is 2.20. The highest BCUT2D eigenvalue weighted by Crippen LogP contribution is 2.33. The minimum absolute atomic E-state index is 0.208. The van der Waals surface area contributed by atoms with Gasteiger partial charge >= 0.3 is 0 Å². The number of thiophene rings is 2. The number of hydrogen-bond donors (Lipinski definition) is 6. The van der Waals surface area contributed by atoms with E-state index in [1.165, 1.54) is 80.5 Å². The van der Waals surface area contributed by atoms with Crippen molar-refractivity contribution in [3.63, 3.8) is 0 Å². The molecule has 2 saturated heterocycles. The molecule has 0 amide bonds. The van der Waals surface area contributed by atoms with E-state index in [9.17, 15) is 4.79 Å². The average molecular weight is 784 g/mol. The van der Waals surface area contributed by atoms with Crippen LogP contribution in [0.4, 0.5) is 5.95 Å². The smallest absolute Gasteiger partial charge is 0.271 e. The van der Waals surface area contributed by atoms with Gasteiger partial charge in [-0.3, -0.25) is 4.79 Å². The first kappa shape index (κ1) is 45.0. The summed E-state index contributed by atoms with van der Waals surface area (Å²) in [5, 5.41) is 39.2. The lowest BCUT2D eigenvalue weighted by atomic mass is 9.87. The summed E-state index contributed by atoms with van der Waals surface area (Å²) in [6.45, 7) is 5.92. The normalized spacial score (nSPS) is 16.2. The zero-order chi connectivity index (χ0) is 36.4. The molecule has 0 aromatic carbocycles. The zero-order valence-electron chi connectivity index (χ0n) is 27.8. The van der Waals surface area contributed by atoms with Crippen molar-refractivity contribution in [3.8, 4) is 17.0 Å². The number of rotatable bonds is 5. The van der Waals surface area contributed by atoms with Crippen molar-refractivity contribution in [2.24, 2.45) is 17.5 Å². The summed E-state index contributed by atoms with van der Waals surface area (Å²) in [5.41, 5.74) is 7.70. The molecule has 1 aliphatic carbocycles. The number of aromatic nitrogens is 2. The number of anilines is 1. The second kappa shape index (κ2) is 27.6. The van der Waals surface area contributed by atoms with E-state index < -0.39 is 5.24 Å². The summed E-state index contributed by atoms with van der Waals surface area (Å²) in [6, 6.07) is 3.48. The first-order chi connectivity index (χ1) is 23.7. The molecule has 18 heteroatoms. The summed E-state index contributed by atoms with van der Waals surface area (Å²) >= 11 is 19.5. The predicted octanol–water partition coefficient (Wildman–Crippen LogP) is 7.34. The number of nitrogens with two attached hydrogens (primary N) is 2. The fraction of sp³-hybridized carbons (Fsp3) is 0.613. The predicted molar refractivity (Wildman–Crippen MR) is 197 cm³/mol. The molecule has 1 unspecified atom stereocenters. The van der Waals surface area contributed by atoms with Crippen molar-refractivity contribution in [1.29, 1.82) is 5.26 Å². The molecule has 0 radical (unpaired) electrons. The molecule has 1 atom stereocenters. The second-order valence-electron chi connectivity index (χ2n) is 10.9. The van der Waals surface area contributed by atoms with E-state index in [4.69, 9.17) is 65.8 Å². The molecule has 3 aliphatic rings. The van der Waals surface area contributed by atoms with Gasteiger partial charge in [-0.15, -0.1) is 22.7 Å². The first-order valence-electron chi connectivity index (χ1n) is 16.2. The summed E-state index contributed by atoms with van der Waals surface area (Å²) in [6.07, 6.45) is 15.5. The Morgan fingerprint density at radius 3 is 1.98 bits per heavy atom. The largest absolute Gasteiger partial charge is 0.397 e. The van der Waals surface area contributed by atoms with Crippen LogP contribution in [0.2, 0.25) is 10.0 Å². The van der Waals surface area contributed by atoms with Gasteiger partial charge in [0, 0.05) is 32.8 Å². The average Bonchev–Trinajstić information content (AvgIpc) is 3.92. The molecule has 1 saturated carbocycles. The Labute approximate surface area is 311 Å². The Bertz CT molecular complexity index is 1310. The quantitative estimate of drug-likeness (QED) is 0.0648. The Kier molecular flexibility index (Phi) is 25.3. The van der Waals surface area contributed by atoms with Crippen LogP contribution in [-0.2, 0) is 0 Å². The standard InChI is InChI=1S/C11H12ClN3OS.C7H16N2O.C6H10N2.C5H2Cl2OS.C2H6O.H3NO/c12-8-4-7-17-9(8)10-13-11(14-16-10)15-5-2-1-3-6-15;8-7(9-10)6-4-2-1-3-5-6;7-6-8-4-2-1-3-5-8;6-3-1-2-9-4(3)5(7)8;1-2-3;1-2/h4,7H,1-3,5-6H2;6-7,9-10H,1-5,8H2;1-5H2;1-2H;3H,2H2,1H3;2H,1H2. The van der Waals surface area contributed by atoms with Crippen LogP contribution in [-0.4, -0.2) is 74.8 Å². The maximum absolute atomic E-state index is 10.4. The molecule has 13 nitrogen and oxygen atoms in total. The van der Waals surface area contributed by atoms with Crippen molar-refractivity contribution in [1.82, 2.24) is 20.5 Å². The van der Waals surface area contributed by atoms with E-state index in [1.807, 2.05) is 16.3 Å². The van der Waals surface area contributed by atoms with E-state index in [1.54, 1.807) is 18.4 Å². The number of nitrogens with one attached hydrogen (secondary N) is 1. The molecular formula is C31H49Cl3N8O5S2. The van der Waals surface area contributed by atoms with Crippen LogP contribution < -0.4 is 22.0 Å². The number of hydrogen-bond acceptors (Lipinski definition) is 15. The van der Waals surface area contributed by atoms with Gasteiger partial charge in [-0.1, -0.05) is 42.5 Å². The SMILES string of the molecule is CCO.Clc1ccsc1-c1nc(N2CCCCC2)no1.N#CN1CCCCC1.NC(NO)C1CCCCC1.NO.O=C(Cl)c1sccc1Cl. The van der Waals surface area contributed by atoms with Crippen LogP contribution in [0.5, 0.6) is 0 Å². The summed E-state index contributed by atoms with van der Waals surface area (Å²) in [5.74, 6) is 5.19. The molecule has 3 aromatic heterocycles. The number of carbonyl (C=O) groups is 1. The van der Waals surface area contributed by atoms with E-state index in [2.05, 4.69) is 32.6 Å². The molecule has 0 spiro atoms.